The van der Waals surface area contributed by atoms with Crippen molar-refractivity contribution >= 4 is 23.4 Å². The van der Waals surface area contributed by atoms with Gasteiger partial charge in [0.05, 0.1) is 6.10 Å². The Kier molecular flexibility index (Phi) is 7.53. The lowest BCUT2D eigenvalue weighted by Crippen LogP contribution is -2.35. The monoisotopic (exact) mass is 348 g/mol. The highest BCUT2D eigenvalue weighted by Crippen LogP contribution is 2.14. The molecule has 0 unspecified atom stereocenters. The molecule has 2 rings (SSSR count). The summed E-state index contributed by atoms with van der Waals surface area (Å²) >= 11 is 0. The van der Waals surface area contributed by atoms with Crippen molar-refractivity contribution in [2.75, 3.05) is 30.3 Å². The van der Waals surface area contributed by atoms with Crippen molar-refractivity contribution in [2.45, 2.75) is 39.2 Å². The lowest BCUT2D eigenvalue weighted by atomic mass is 10.1. The maximum atomic E-state index is 11.8. The third-order valence-corrected chi connectivity index (χ3v) is 3.92. The molecule has 4 N–H and O–H groups in total. The lowest BCUT2D eigenvalue weighted by Gasteiger charge is -2.12. The summed E-state index contributed by atoms with van der Waals surface area (Å²) in [5.74, 6) is 0.553. The number of ether oxygens (including phenoxy) is 1. The summed E-state index contributed by atoms with van der Waals surface area (Å²) < 4.78 is 5.46. The Morgan fingerprint density at radius 3 is 2.20 bits per heavy atom. The van der Waals surface area contributed by atoms with Crippen LogP contribution in [0.3, 0.4) is 0 Å². The molecule has 138 valence electrons. The van der Waals surface area contributed by atoms with Crippen molar-refractivity contribution in [2.24, 2.45) is 5.92 Å². The Balaban J connectivity index is 1.69. The Labute approximate surface area is 148 Å². The molecule has 1 fully saturated rings. The van der Waals surface area contributed by atoms with E-state index < -0.39 is 0 Å². The van der Waals surface area contributed by atoms with Gasteiger partial charge >= 0.3 is 12.1 Å². The number of carbonyl (C=O) groups is 2. The molecule has 1 aliphatic heterocycles. The first-order valence-electron chi connectivity index (χ1n) is 8.84. The molecule has 0 bridgehead atoms. The van der Waals surface area contributed by atoms with Crippen molar-refractivity contribution in [1.82, 2.24) is 10.6 Å². The highest BCUT2D eigenvalue weighted by molar-refractivity contribution is 5.91. The first kappa shape index (κ1) is 19.1. The molecule has 1 atom stereocenters. The van der Waals surface area contributed by atoms with E-state index in [1.165, 1.54) is 0 Å². The van der Waals surface area contributed by atoms with Crippen LogP contribution in [-0.4, -0.2) is 37.9 Å². The van der Waals surface area contributed by atoms with Gasteiger partial charge in [-0.25, -0.2) is 9.59 Å². The fourth-order valence-electron chi connectivity index (χ4n) is 2.47. The van der Waals surface area contributed by atoms with Crippen molar-refractivity contribution in [1.29, 1.82) is 0 Å². The fraction of sp³-hybridized carbons (Fsp3) is 0.556. The van der Waals surface area contributed by atoms with E-state index in [0.29, 0.717) is 30.4 Å². The Morgan fingerprint density at radius 2 is 1.68 bits per heavy atom. The highest BCUT2D eigenvalue weighted by atomic mass is 16.5. The SMILES string of the molecule is CC(C)CCNC(=O)Nc1ccc(NC(=O)NC[C@H]2CCCO2)cc1. The van der Waals surface area contributed by atoms with Gasteiger partial charge in [0.2, 0.25) is 0 Å². The Bertz CT molecular complexity index is 554. The van der Waals surface area contributed by atoms with Crippen LogP contribution in [0.25, 0.3) is 0 Å². The van der Waals surface area contributed by atoms with E-state index in [0.717, 1.165) is 25.9 Å². The Morgan fingerprint density at radius 1 is 1.08 bits per heavy atom. The number of carbonyl (C=O) groups excluding carboxylic acids is 2. The topological polar surface area (TPSA) is 91.5 Å². The van der Waals surface area contributed by atoms with Crippen LogP contribution in [-0.2, 0) is 4.74 Å². The van der Waals surface area contributed by atoms with Gasteiger partial charge in [0.1, 0.15) is 0 Å². The zero-order chi connectivity index (χ0) is 18.1. The third kappa shape index (κ3) is 7.43. The van der Waals surface area contributed by atoms with Gasteiger partial charge in [-0.15, -0.1) is 0 Å². The number of nitrogens with one attached hydrogen (secondary N) is 4. The van der Waals surface area contributed by atoms with Crippen LogP contribution in [0.4, 0.5) is 21.0 Å². The van der Waals surface area contributed by atoms with Gasteiger partial charge < -0.3 is 26.0 Å². The van der Waals surface area contributed by atoms with E-state index in [1.807, 2.05) is 0 Å². The van der Waals surface area contributed by atoms with Crippen LogP contribution >= 0.6 is 0 Å². The quantitative estimate of drug-likeness (QED) is 0.610. The molecular weight excluding hydrogens is 320 g/mol. The maximum Gasteiger partial charge on any atom is 0.319 e. The zero-order valence-corrected chi connectivity index (χ0v) is 14.9. The molecule has 1 aromatic rings. The third-order valence-electron chi connectivity index (χ3n) is 3.92. The van der Waals surface area contributed by atoms with Gasteiger partial charge in [-0.2, -0.15) is 0 Å². The molecule has 0 aliphatic carbocycles. The molecular formula is C18H28N4O3. The largest absolute Gasteiger partial charge is 0.376 e. The van der Waals surface area contributed by atoms with Crippen LogP contribution in [0.15, 0.2) is 24.3 Å². The summed E-state index contributed by atoms with van der Waals surface area (Å²) in [6.45, 7) is 6.16. The van der Waals surface area contributed by atoms with Gasteiger partial charge in [-0.3, -0.25) is 0 Å². The number of rotatable bonds is 7. The van der Waals surface area contributed by atoms with E-state index in [1.54, 1.807) is 24.3 Å². The van der Waals surface area contributed by atoms with Crippen molar-refractivity contribution < 1.29 is 14.3 Å². The summed E-state index contributed by atoms with van der Waals surface area (Å²) in [6, 6.07) is 6.50. The number of hydrogen-bond acceptors (Lipinski definition) is 3. The highest BCUT2D eigenvalue weighted by Gasteiger charge is 2.16. The number of benzene rings is 1. The molecule has 4 amide bonds. The molecule has 1 aromatic carbocycles. The predicted molar refractivity (Wildman–Crippen MR) is 98.9 cm³/mol. The summed E-state index contributed by atoms with van der Waals surface area (Å²) in [4.78, 5) is 23.6. The second-order valence-electron chi connectivity index (χ2n) is 6.61. The summed E-state index contributed by atoms with van der Waals surface area (Å²) in [7, 11) is 0. The van der Waals surface area contributed by atoms with Gasteiger partial charge in [0.25, 0.3) is 0 Å². The summed E-state index contributed by atoms with van der Waals surface area (Å²) in [5, 5.41) is 11.1. The summed E-state index contributed by atoms with van der Waals surface area (Å²) in [6.07, 6.45) is 3.09. The number of urea groups is 2. The molecule has 0 aromatic heterocycles. The van der Waals surface area contributed by atoms with E-state index in [9.17, 15) is 9.59 Å². The smallest absolute Gasteiger partial charge is 0.319 e. The average Bonchev–Trinajstić information content (AvgIpc) is 3.08. The molecule has 1 aliphatic rings. The summed E-state index contributed by atoms with van der Waals surface area (Å²) in [5.41, 5.74) is 1.34. The number of anilines is 2. The van der Waals surface area contributed by atoms with Gasteiger partial charge in [0, 0.05) is 31.1 Å². The van der Waals surface area contributed by atoms with Gasteiger partial charge in [-0.05, 0) is 49.4 Å². The second kappa shape index (κ2) is 9.88. The average molecular weight is 348 g/mol. The van der Waals surface area contributed by atoms with Crippen LogP contribution in [0, 0.1) is 5.92 Å². The lowest BCUT2D eigenvalue weighted by molar-refractivity contribution is 0.112. The normalized spacial score (nSPS) is 16.5. The molecule has 7 nitrogen and oxygen atoms in total. The minimum atomic E-state index is -0.261. The zero-order valence-electron chi connectivity index (χ0n) is 14.9. The van der Waals surface area contributed by atoms with Crippen LogP contribution in [0.5, 0.6) is 0 Å². The maximum absolute atomic E-state index is 11.8. The van der Waals surface area contributed by atoms with E-state index in [4.69, 9.17) is 4.74 Å². The van der Waals surface area contributed by atoms with Crippen molar-refractivity contribution in [3.63, 3.8) is 0 Å². The van der Waals surface area contributed by atoms with Gasteiger partial charge in [-0.1, -0.05) is 13.8 Å². The van der Waals surface area contributed by atoms with Crippen LogP contribution in [0.1, 0.15) is 33.1 Å². The van der Waals surface area contributed by atoms with E-state index >= 15 is 0 Å². The van der Waals surface area contributed by atoms with Crippen molar-refractivity contribution in [3.8, 4) is 0 Å². The van der Waals surface area contributed by atoms with Crippen LogP contribution < -0.4 is 21.3 Å². The number of amides is 4. The first-order chi connectivity index (χ1) is 12.0. The van der Waals surface area contributed by atoms with E-state index in [-0.39, 0.29) is 18.2 Å². The molecule has 1 saturated heterocycles. The minimum Gasteiger partial charge on any atom is -0.376 e. The predicted octanol–water partition coefficient (Wildman–Crippen LogP) is 3.15. The standard InChI is InChI=1S/C18H28N4O3/c1-13(2)9-10-19-17(23)21-14-5-7-15(8-6-14)22-18(24)20-12-16-4-3-11-25-16/h5-8,13,16H,3-4,9-12H2,1-2H3,(H2,19,21,23)(H2,20,22,24)/t16-/m1/s1. The molecule has 0 radical (unpaired) electrons. The molecule has 0 spiro atoms. The molecule has 7 heteroatoms. The molecule has 25 heavy (non-hydrogen) atoms. The Hall–Kier alpha value is -2.28. The fourth-order valence-corrected chi connectivity index (χ4v) is 2.47. The van der Waals surface area contributed by atoms with E-state index in [2.05, 4.69) is 35.1 Å². The number of hydrogen-bond donors (Lipinski definition) is 4. The van der Waals surface area contributed by atoms with Crippen molar-refractivity contribution in [3.05, 3.63) is 24.3 Å². The van der Waals surface area contributed by atoms with Crippen LogP contribution in [0.2, 0.25) is 0 Å². The minimum absolute atomic E-state index is 0.117. The van der Waals surface area contributed by atoms with Gasteiger partial charge in [0.15, 0.2) is 0 Å². The second-order valence-corrected chi connectivity index (χ2v) is 6.61. The molecule has 0 saturated carbocycles. The molecule has 1 heterocycles. The first-order valence-corrected chi connectivity index (χ1v) is 8.84.